The molecule has 0 heterocycles. The van der Waals surface area contributed by atoms with Crippen molar-refractivity contribution in [3.8, 4) is 0 Å². The Kier molecular flexibility index (Phi) is 2.42. The molecule has 0 fully saturated rings. The number of nitrogens with two attached hydrogens (primary N) is 1. The highest BCUT2D eigenvalue weighted by Gasteiger charge is 1.95. The molecule has 0 aliphatic rings. The molecule has 0 amide bonds. The van der Waals surface area contributed by atoms with Crippen LogP contribution in [0, 0.1) is 6.07 Å². The van der Waals surface area contributed by atoms with E-state index in [1.54, 1.807) is 12.1 Å². The predicted molar refractivity (Wildman–Crippen MR) is 39.1 cm³/mol. The smallest absolute Gasteiger partial charge is 0.0685 e. The van der Waals surface area contributed by atoms with Crippen LogP contribution in [0.3, 0.4) is 0 Å². The van der Waals surface area contributed by atoms with Crippen molar-refractivity contribution in [1.82, 2.24) is 0 Å². The summed E-state index contributed by atoms with van der Waals surface area (Å²) in [4.78, 5) is 0. The average molecular weight is 136 g/mol. The maximum Gasteiger partial charge on any atom is 0.0685 e. The standard InChI is InChI=1S/C8H10NO/c9-5-7-3-1-2-4-8(7)6-10/h1,3-4,10H,5-6,9H2. The van der Waals surface area contributed by atoms with Crippen molar-refractivity contribution >= 4 is 0 Å². The average Bonchev–Trinajstić information content (AvgIpc) is 2.04. The van der Waals surface area contributed by atoms with Gasteiger partial charge in [0, 0.05) is 6.54 Å². The van der Waals surface area contributed by atoms with E-state index in [1.807, 2.05) is 6.07 Å². The first-order valence-corrected chi connectivity index (χ1v) is 3.17. The van der Waals surface area contributed by atoms with Gasteiger partial charge in [-0.25, -0.2) is 0 Å². The summed E-state index contributed by atoms with van der Waals surface area (Å²) in [5.74, 6) is 0. The number of rotatable bonds is 2. The third-order valence-electron chi connectivity index (χ3n) is 1.44. The zero-order valence-electron chi connectivity index (χ0n) is 5.67. The quantitative estimate of drug-likeness (QED) is 0.619. The van der Waals surface area contributed by atoms with Crippen molar-refractivity contribution < 1.29 is 5.11 Å². The molecule has 0 saturated heterocycles. The highest BCUT2D eigenvalue weighted by molar-refractivity contribution is 5.25. The molecule has 0 aromatic heterocycles. The molecule has 2 nitrogen and oxygen atoms in total. The van der Waals surface area contributed by atoms with E-state index >= 15 is 0 Å². The van der Waals surface area contributed by atoms with Gasteiger partial charge >= 0.3 is 0 Å². The SMILES string of the molecule is NCc1cc[c]cc1CO. The second-order valence-electron chi connectivity index (χ2n) is 2.06. The lowest BCUT2D eigenvalue weighted by molar-refractivity contribution is 0.280. The zero-order valence-corrected chi connectivity index (χ0v) is 5.67. The van der Waals surface area contributed by atoms with Crippen LogP contribution in [0.2, 0.25) is 0 Å². The summed E-state index contributed by atoms with van der Waals surface area (Å²) < 4.78 is 0. The van der Waals surface area contributed by atoms with Crippen molar-refractivity contribution in [2.75, 3.05) is 0 Å². The second kappa shape index (κ2) is 3.34. The lowest BCUT2D eigenvalue weighted by Gasteiger charge is -2.01. The Morgan fingerprint density at radius 1 is 1.50 bits per heavy atom. The van der Waals surface area contributed by atoms with E-state index in [0.29, 0.717) is 6.54 Å². The largest absolute Gasteiger partial charge is 0.392 e. The maximum atomic E-state index is 8.77. The van der Waals surface area contributed by atoms with E-state index in [4.69, 9.17) is 10.8 Å². The molecule has 0 aliphatic carbocycles. The highest BCUT2D eigenvalue weighted by Crippen LogP contribution is 2.05. The van der Waals surface area contributed by atoms with Crippen LogP contribution < -0.4 is 5.73 Å². The number of aliphatic hydroxyl groups excluding tert-OH is 1. The van der Waals surface area contributed by atoms with Crippen LogP contribution in [0.25, 0.3) is 0 Å². The fraction of sp³-hybridized carbons (Fsp3) is 0.250. The highest BCUT2D eigenvalue weighted by atomic mass is 16.3. The molecule has 0 aliphatic heterocycles. The van der Waals surface area contributed by atoms with E-state index in [9.17, 15) is 0 Å². The van der Waals surface area contributed by atoms with E-state index in [0.717, 1.165) is 11.1 Å². The van der Waals surface area contributed by atoms with E-state index in [2.05, 4.69) is 6.07 Å². The van der Waals surface area contributed by atoms with Gasteiger partial charge in [-0.3, -0.25) is 0 Å². The Hall–Kier alpha value is -0.860. The van der Waals surface area contributed by atoms with Gasteiger partial charge < -0.3 is 10.8 Å². The van der Waals surface area contributed by atoms with Crippen LogP contribution in [-0.4, -0.2) is 5.11 Å². The van der Waals surface area contributed by atoms with Crippen molar-refractivity contribution in [3.63, 3.8) is 0 Å². The fourth-order valence-corrected chi connectivity index (χ4v) is 0.843. The molecule has 3 N–H and O–H groups in total. The molecule has 1 rings (SSSR count). The molecule has 0 unspecified atom stereocenters. The summed E-state index contributed by atoms with van der Waals surface area (Å²) in [6.45, 7) is 0.522. The summed E-state index contributed by atoms with van der Waals surface area (Å²) in [6, 6.07) is 8.28. The summed E-state index contributed by atoms with van der Waals surface area (Å²) in [5, 5.41) is 8.77. The van der Waals surface area contributed by atoms with Crippen LogP contribution in [0.1, 0.15) is 11.1 Å². The van der Waals surface area contributed by atoms with E-state index in [-0.39, 0.29) is 6.61 Å². The first-order valence-electron chi connectivity index (χ1n) is 3.17. The van der Waals surface area contributed by atoms with Crippen LogP contribution >= 0.6 is 0 Å². The van der Waals surface area contributed by atoms with Gasteiger partial charge in [-0.1, -0.05) is 12.1 Å². The van der Waals surface area contributed by atoms with E-state index < -0.39 is 0 Å². The lowest BCUT2D eigenvalue weighted by atomic mass is 10.1. The molecule has 1 radical (unpaired) electrons. The Morgan fingerprint density at radius 3 is 2.80 bits per heavy atom. The number of aliphatic hydroxyl groups is 1. The molecule has 53 valence electrons. The zero-order chi connectivity index (χ0) is 7.40. The summed E-state index contributed by atoms with van der Waals surface area (Å²) in [7, 11) is 0. The van der Waals surface area contributed by atoms with Crippen molar-refractivity contribution in [3.05, 3.63) is 35.4 Å². The molecular weight excluding hydrogens is 126 g/mol. The molecule has 0 saturated carbocycles. The summed E-state index contributed by atoms with van der Waals surface area (Å²) in [6.07, 6.45) is 0. The van der Waals surface area contributed by atoms with Gasteiger partial charge in [-0.05, 0) is 23.3 Å². The minimum absolute atomic E-state index is 0.0455. The van der Waals surface area contributed by atoms with Gasteiger partial charge in [-0.15, -0.1) is 0 Å². The molecule has 0 spiro atoms. The molecule has 0 bridgehead atoms. The van der Waals surface area contributed by atoms with E-state index in [1.165, 1.54) is 0 Å². The van der Waals surface area contributed by atoms with Crippen LogP contribution in [0.5, 0.6) is 0 Å². The maximum absolute atomic E-state index is 8.77. The molecule has 2 heteroatoms. The third-order valence-corrected chi connectivity index (χ3v) is 1.44. The number of hydrogen-bond acceptors (Lipinski definition) is 2. The molecule has 1 aromatic carbocycles. The molecule has 1 aromatic rings. The van der Waals surface area contributed by atoms with Gasteiger partial charge in [0.2, 0.25) is 0 Å². The van der Waals surface area contributed by atoms with Gasteiger partial charge in [0.1, 0.15) is 0 Å². The topological polar surface area (TPSA) is 46.2 Å². The summed E-state index contributed by atoms with van der Waals surface area (Å²) in [5.41, 5.74) is 7.25. The van der Waals surface area contributed by atoms with Gasteiger partial charge in [-0.2, -0.15) is 0 Å². The first-order chi connectivity index (χ1) is 4.88. The van der Waals surface area contributed by atoms with Gasteiger partial charge in [0.05, 0.1) is 6.61 Å². The third kappa shape index (κ3) is 1.35. The minimum Gasteiger partial charge on any atom is -0.392 e. The second-order valence-corrected chi connectivity index (χ2v) is 2.06. The molecule has 0 atom stereocenters. The van der Waals surface area contributed by atoms with Crippen LogP contribution in [-0.2, 0) is 13.2 Å². The predicted octanol–water partition coefficient (Wildman–Crippen LogP) is 0.438. The Morgan fingerprint density at radius 2 is 2.30 bits per heavy atom. The Balaban J connectivity index is 2.96. The number of benzene rings is 1. The first kappa shape index (κ1) is 7.25. The molecular formula is C8H10NO. The van der Waals surface area contributed by atoms with Crippen molar-refractivity contribution in [2.45, 2.75) is 13.2 Å². The Bertz CT molecular complexity index is 187. The lowest BCUT2D eigenvalue weighted by Crippen LogP contribution is -2.00. The summed E-state index contributed by atoms with van der Waals surface area (Å²) >= 11 is 0. The monoisotopic (exact) mass is 136 g/mol. The van der Waals surface area contributed by atoms with Gasteiger partial charge in [0.25, 0.3) is 0 Å². The number of hydrogen-bond donors (Lipinski definition) is 2. The van der Waals surface area contributed by atoms with Crippen molar-refractivity contribution in [1.29, 1.82) is 0 Å². The van der Waals surface area contributed by atoms with Crippen LogP contribution in [0.4, 0.5) is 0 Å². The van der Waals surface area contributed by atoms with Crippen molar-refractivity contribution in [2.24, 2.45) is 5.73 Å². The Labute approximate surface area is 60.3 Å². The normalized spacial score (nSPS) is 9.80. The van der Waals surface area contributed by atoms with Gasteiger partial charge in [0.15, 0.2) is 0 Å². The molecule has 10 heavy (non-hydrogen) atoms. The minimum atomic E-state index is 0.0455. The van der Waals surface area contributed by atoms with Crippen LogP contribution in [0.15, 0.2) is 18.2 Å². The fourth-order valence-electron chi connectivity index (χ4n) is 0.843.